The number of benzene rings is 2. The highest BCUT2D eigenvalue weighted by Crippen LogP contribution is 2.33. The number of para-hydroxylation sites is 1. The maximum Gasteiger partial charge on any atom is 0.339 e. The molecule has 4 rings (SSSR count). The second-order valence-electron chi connectivity index (χ2n) is 6.16. The molecule has 6 heteroatoms. The van der Waals surface area contributed by atoms with Gasteiger partial charge in [-0.25, -0.2) is 9.48 Å². The van der Waals surface area contributed by atoms with Crippen LogP contribution in [0.5, 0.6) is 0 Å². The Balaban J connectivity index is 1.54. The van der Waals surface area contributed by atoms with Gasteiger partial charge in [-0.2, -0.15) is 5.10 Å². The molecule has 6 nitrogen and oxygen atoms in total. The van der Waals surface area contributed by atoms with Crippen molar-refractivity contribution in [3.8, 4) is 5.69 Å². The number of fused-ring (bicyclic) bond motifs is 1. The number of esters is 1. The first-order valence-corrected chi connectivity index (χ1v) is 8.33. The number of carbonyl (C=O) groups is 2. The van der Waals surface area contributed by atoms with E-state index in [1.807, 2.05) is 49.4 Å². The van der Waals surface area contributed by atoms with Crippen molar-refractivity contribution in [2.24, 2.45) is 0 Å². The summed E-state index contributed by atoms with van der Waals surface area (Å²) in [5.74, 6) is -0.0111. The minimum Gasteiger partial charge on any atom is -0.453 e. The predicted octanol–water partition coefficient (Wildman–Crippen LogP) is 3.42. The Bertz CT molecular complexity index is 979. The zero-order chi connectivity index (χ0) is 18.1. The lowest BCUT2D eigenvalue weighted by molar-refractivity contribution is -0.118. The summed E-state index contributed by atoms with van der Waals surface area (Å²) < 4.78 is 7.03. The van der Waals surface area contributed by atoms with Crippen molar-refractivity contribution in [2.75, 3.05) is 5.32 Å². The van der Waals surface area contributed by atoms with Gasteiger partial charge in [0.25, 0.3) is 0 Å². The summed E-state index contributed by atoms with van der Waals surface area (Å²) in [5, 5.41) is 7.24. The second-order valence-corrected chi connectivity index (χ2v) is 6.16. The Morgan fingerprint density at radius 2 is 1.88 bits per heavy atom. The van der Waals surface area contributed by atoms with Crippen LogP contribution < -0.4 is 5.32 Å². The normalized spacial score (nSPS) is 15.4. The van der Waals surface area contributed by atoms with E-state index in [0.29, 0.717) is 11.4 Å². The number of aromatic nitrogens is 2. The molecule has 0 saturated heterocycles. The highest BCUT2D eigenvalue weighted by Gasteiger charge is 2.32. The van der Waals surface area contributed by atoms with E-state index in [1.54, 1.807) is 23.0 Å². The SMILES string of the molecule is Cc1cnn(-c2ccccc2)c1NC(=O)C[C@H]1OC(=O)c2ccccc21. The van der Waals surface area contributed by atoms with Crippen LogP contribution >= 0.6 is 0 Å². The van der Waals surface area contributed by atoms with E-state index in [-0.39, 0.29) is 18.3 Å². The van der Waals surface area contributed by atoms with Crippen LogP contribution in [-0.2, 0) is 9.53 Å². The number of nitrogens with one attached hydrogen (secondary N) is 1. The standard InChI is InChI=1S/C20H17N3O3/c1-13-12-21-23(14-7-3-2-4-8-14)19(13)22-18(24)11-17-15-9-5-6-10-16(15)20(25)26-17/h2-10,12,17H,11H2,1H3,(H,22,24)/t17-/m1/s1. The maximum atomic E-state index is 12.6. The highest BCUT2D eigenvalue weighted by atomic mass is 16.5. The van der Waals surface area contributed by atoms with Gasteiger partial charge in [0, 0.05) is 11.1 Å². The smallest absolute Gasteiger partial charge is 0.339 e. The van der Waals surface area contributed by atoms with Crippen molar-refractivity contribution in [3.05, 3.63) is 77.5 Å². The van der Waals surface area contributed by atoms with Gasteiger partial charge in [-0.15, -0.1) is 0 Å². The zero-order valence-electron chi connectivity index (χ0n) is 14.2. The van der Waals surface area contributed by atoms with E-state index in [1.165, 1.54) is 0 Å². The highest BCUT2D eigenvalue weighted by molar-refractivity contribution is 5.96. The maximum absolute atomic E-state index is 12.6. The summed E-state index contributed by atoms with van der Waals surface area (Å²) in [5.41, 5.74) is 2.98. The van der Waals surface area contributed by atoms with Crippen molar-refractivity contribution in [1.82, 2.24) is 9.78 Å². The molecule has 130 valence electrons. The molecular formula is C20H17N3O3. The van der Waals surface area contributed by atoms with Gasteiger partial charge in [0.15, 0.2) is 0 Å². The van der Waals surface area contributed by atoms with Gasteiger partial charge in [0.2, 0.25) is 5.91 Å². The Labute approximate surface area is 150 Å². The lowest BCUT2D eigenvalue weighted by Gasteiger charge is -2.13. The van der Waals surface area contributed by atoms with E-state index in [4.69, 9.17) is 4.74 Å². The van der Waals surface area contributed by atoms with Crippen LogP contribution in [0.4, 0.5) is 5.82 Å². The van der Waals surface area contributed by atoms with E-state index < -0.39 is 6.10 Å². The average molecular weight is 347 g/mol. The first kappa shape index (κ1) is 16.1. The van der Waals surface area contributed by atoms with E-state index in [2.05, 4.69) is 10.4 Å². The van der Waals surface area contributed by atoms with E-state index in [0.717, 1.165) is 16.8 Å². The van der Waals surface area contributed by atoms with Crippen LogP contribution in [-0.4, -0.2) is 21.7 Å². The van der Waals surface area contributed by atoms with Gasteiger partial charge in [-0.1, -0.05) is 36.4 Å². The number of aryl methyl sites for hydroxylation is 1. The van der Waals surface area contributed by atoms with E-state index in [9.17, 15) is 9.59 Å². The number of ether oxygens (including phenoxy) is 1. The third kappa shape index (κ3) is 2.86. The topological polar surface area (TPSA) is 73.2 Å². The number of hydrogen-bond donors (Lipinski definition) is 1. The summed E-state index contributed by atoms with van der Waals surface area (Å²) in [7, 11) is 0. The molecule has 0 spiro atoms. The molecule has 2 heterocycles. The van der Waals surface area contributed by atoms with Crippen LogP contribution in [0, 0.1) is 6.92 Å². The molecule has 0 unspecified atom stereocenters. The lowest BCUT2D eigenvalue weighted by atomic mass is 10.0. The molecule has 0 saturated carbocycles. The molecule has 0 aliphatic carbocycles. The van der Waals surface area contributed by atoms with Crippen LogP contribution in [0.15, 0.2) is 60.8 Å². The Kier molecular flexibility index (Phi) is 4.01. The lowest BCUT2D eigenvalue weighted by Crippen LogP contribution is -2.18. The molecular weight excluding hydrogens is 330 g/mol. The Morgan fingerprint density at radius 1 is 1.15 bits per heavy atom. The van der Waals surface area contributed by atoms with Gasteiger partial charge in [-0.05, 0) is 25.1 Å². The first-order chi connectivity index (χ1) is 12.6. The monoisotopic (exact) mass is 347 g/mol. The molecule has 1 aromatic heterocycles. The number of amides is 1. The Morgan fingerprint density at radius 3 is 2.69 bits per heavy atom. The third-order valence-corrected chi connectivity index (χ3v) is 4.36. The number of nitrogens with zero attached hydrogens (tertiary/aromatic N) is 2. The average Bonchev–Trinajstić information content (AvgIpc) is 3.17. The molecule has 26 heavy (non-hydrogen) atoms. The summed E-state index contributed by atoms with van der Waals surface area (Å²) in [6.45, 7) is 1.88. The van der Waals surface area contributed by atoms with Crippen molar-refractivity contribution in [2.45, 2.75) is 19.4 Å². The fourth-order valence-electron chi connectivity index (χ4n) is 3.07. The summed E-state index contributed by atoms with van der Waals surface area (Å²) in [6.07, 6.45) is 1.20. The van der Waals surface area contributed by atoms with Crippen molar-refractivity contribution in [1.29, 1.82) is 0 Å². The Hall–Kier alpha value is -3.41. The molecule has 3 aromatic rings. The fraction of sp³-hybridized carbons (Fsp3) is 0.150. The van der Waals surface area contributed by atoms with Gasteiger partial charge >= 0.3 is 5.97 Å². The predicted molar refractivity (Wildman–Crippen MR) is 96.1 cm³/mol. The minimum atomic E-state index is -0.563. The van der Waals surface area contributed by atoms with Crippen LogP contribution in [0.1, 0.15) is 34.0 Å². The summed E-state index contributed by atoms with van der Waals surface area (Å²) in [6, 6.07) is 16.7. The minimum absolute atomic E-state index is 0.0577. The molecule has 1 amide bonds. The molecule has 1 aliphatic heterocycles. The molecule has 1 atom stereocenters. The van der Waals surface area contributed by atoms with Gasteiger partial charge in [0.05, 0.1) is 23.9 Å². The fourth-order valence-corrected chi connectivity index (χ4v) is 3.07. The molecule has 1 N–H and O–H groups in total. The molecule has 0 bridgehead atoms. The number of hydrogen-bond acceptors (Lipinski definition) is 4. The second kappa shape index (κ2) is 6.48. The molecule has 0 radical (unpaired) electrons. The van der Waals surface area contributed by atoms with Gasteiger partial charge < -0.3 is 10.1 Å². The van der Waals surface area contributed by atoms with Gasteiger partial charge in [0.1, 0.15) is 11.9 Å². The third-order valence-electron chi connectivity index (χ3n) is 4.36. The van der Waals surface area contributed by atoms with Crippen LogP contribution in [0.25, 0.3) is 5.69 Å². The van der Waals surface area contributed by atoms with Crippen molar-refractivity contribution >= 4 is 17.7 Å². The van der Waals surface area contributed by atoms with Crippen LogP contribution in [0.2, 0.25) is 0 Å². The summed E-state index contributed by atoms with van der Waals surface area (Å²) >= 11 is 0. The molecule has 2 aromatic carbocycles. The number of anilines is 1. The number of rotatable bonds is 4. The first-order valence-electron chi connectivity index (χ1n) is 8.33. The quantitative estimate of drug-likeness (QED) is 0.734. The van der Waals surface area contributed by atoms with Crippen LogP contribution in [0.3, 0.4) is 0 Å². The zero-order valence-corrected chi connectivity index (χ0v) is 14.2. The largest absolute Gasteiger partial charge is 0.453 e. The van der Waals surface area contributed by atoms with Crippen molar-refractivity contribution < 1.29 is 14.3 Å². The molecule has 1 aliphatic rings. The van der Waals surface area contributed by atoms with Gasteiger partial charge in [-0.3, -0.25) is 4.79 Å². The number of cyclic esters (lactones) is 1. The van der Waals surface area contributed by atoms with E-state index >= 15 is 0 Å². The number of carbonyl (C=O) groups excluding carboxylic acids is 2. The van der Waals surface area contributed by atoms with Crippen molar-refractivity contribution in [3.63, 3.8) is 0 Å². The summed E-state index contributed by atoms with van der Waals surface area (Å²) in [4.78, 5) is 24.5. The molecule has 0 fully saturated rings.